The lowest BCUT2D eigenvalue weighted by Gasteiger charge is -2.17. The lowest BCUT2D eigenvalue weighted by Crippen LogP contribution is -2.25. The fourth-order valence-electron chi connectivity index (χ4n) is 3.54. The molecule has 26 heavy (non-hydrogen) atoms. The van der Waals surface area contributed by atoms with Gasteiger partial charge in [0.05, 0.1) is 10.9 Å². The summed E-state index contributed by atoms with van der Waals surface area (Å²) in [6.45, 7) is 6.56. The molecular formula is C20H22N4OS. The molecule has 6 heteroatoms. The Balaban J connectivity index is 1.68. The topological polar surface area (TPSA) is 58.1 Å². The maximum absolute atomic E-state index is 13.0. The quantitative estimate of drug-likeness (QED) is 0.762. The van der Waals surface area contributed by atoms with Crippen LogP contribution in [0.2, 0.25) is 0 Å². The molecule has 0 bridgehead atoms. The first-order valence-corrected chi connectivity index (χ1v) is 9.78. The number of aromatic nitrogens is 2. The van der Waals surface area contributed by atoms with Gasteiger partial charge in [-0.15, -0.1) is 11.3 Å². The maximum Gasteiger partial charge on any atom is 0.253 e. The fraction of sp³-hybridized carbons (Fsp3) is 0.350. The Morgan fingerprint density at radius 2 is 1.96 bits per heavy atom. The minimum Gasteiger partial charge on any atom is -0.356 e. The SMILES string of the molecule is Cc1ccccc1CNC(=O)c1c(C)sc2ncnc(N3CCCC3)c12. The average molecular weight is 366 g/mol. The summed E-state index contributed by atoms with van der Waals surface area (Å²) >= 11 is 1.57. The van der Waals surface area contributed by atoms with Gasteiger partial charge < -0.3 is 10.2 Å². The number of thiophene rings is 1. The lowest BCUT2D eigenvalue weighted by atomic mass is 10.1. The molecule has 1 aromatic carbocycles. The summed E-state index contributed by atoms with van der Waals surface area (Å²) in [6, 6.07) is 8.12. The summed E-state index contributed by atoms with van der Waals surface area (Å²) in [7, 11) is 0. The van der Waals surface area contributed by atoms with Crippen molar-refractivity contribution >= 4 is 33.3 Å². The highest BCUT2D eigenvalue weighted by Gasteiger charge is 2.24. The van der Waals surface area contributed by atoms with Gasteiger partial charge >= 0.3 is 0 Å². The third-order valence-electron chi connectivity index (χ3n) is 4.98. The number of carbonyl (C=O) groups is 1. The number of aryl methyl sites for hydroxylation is 2. The number of carbonyl (C=O) groups excluding carboxylic acids is 1. The van der Waals surface area contributed by atoms with Crippen LogP contribution in [0.1, 0.15) is 39.2 Å². The first-order valence-electron chi connectivity index (χ1n) is 8.97. The molecule has 5 nitrogen and oxygen atoms in total. The minimum atomic E-state index is -0.0488. The van der Waals surface area contributed by atoms with Gasteiger partial charge in [-0.2, -0.15) is 0 Å². The molecule has 3 heterocycles. The summed E-state index contributed by atoms with van der Waals surface area (Å²) in [5, 5.41) is 3.99. The number of rotatable bonds is 4. The van der Waals surface area contributed by atoms with Crippen LogP contribution in [0, 0.1) is 13.8 Å². The molecule has 1 saturated heterocycles. The number of hydrogen-bond donors (Lipinski definition) is 1. The van der Waals surface area contributed by atoms with Crippen LogP contribution in [-0.2, 0) is 6.54 Å². The van der Waals surface area contributed by atoms with Crippen molar-refractivity contribution in [3.05, 3.63) is 52.2 Å². The van der Waals surface area contributed by atoms with Gasteiger partial charge in [0.2, 0.25) is 0 Å². The van der Waals surface area contributed by atoms with Crippen molar-refractivity contribution in [3.63, 3.8) is 0 Å². The molecule has 0 radical (unpaired) electrons. The van der Waals surface area contributed by atoms with Gasteiger partial charge in [0.25, 0.3) is 5.91 Å². The number of benzene rings is 1. The smallest absolute Gasteiger partial charge is 0.253 e. The standard InChI is InChI=1S/C20H22N4OS/c1-13-7-3-4-8-15(13)11-21-19(25)16-14(2)26-20-17(16)18(22-12-23-20)24-9-5-6-10-24/h3-4,7-8,12H,5-6,9-11H2,1-2H3,(H,21,25). The summed E-state index contributed by atoms with van der Waals surface area (Å²) in [4.78, 5) is 26.1. The molecule has 1 N–H and O–H groups in total. The molecule has 0 spiro atoms. The minimum absolute atomic E-state index is 0.0488. The van der Waals surface area contributed by atoms with Crippen LogP contribution in [0.15, 0.2) is 30.6 Å². The Bertz CT molecular complexity index is 960. The first kappa shape index (κ1) is 17.0. The molecule has 0 atom stereocenters. The van der Waals surface area contributed by atoms with Crippen molar-refractivity contribution in [2.75, 3.05) is 18.0 Å². The molecule has 1 fully saturated rings. The number of amides is 1. The van der Waals surface area contributed by atoms with Gasteiger partial charge in [-0.3, -0.25) is 4.79 Å². The molecule has 1 aliphatic heterocycles. The monoisotopic (exact) mass is 366 g/mol. The van der Waals surface area contributed by atoms with Gasteiger partial charge in [0.15, 0.2) is 0 Å². The Kier molecular flexibility index (Phi) is 4.59. The predicted molar refractivity (Wildman–Crippen MR) is 106 cm³/mol. The summed E-state index contributed by atoms with van der Waals surface area (Å²) in [5.74, 6) is 0.852. The van der Waals surface area contributed by atoms with Crippen LogP contribution in [0.3, 0.4) is 0 Å². The molecule has 134 valence electrons. The second kappa shape index (κ2) is 7.03. The highest BCUT2D eigenvalue weighted by Crippen LogP contribution is 2.36. The summed E-state index contributed by atoms with van der Waals surface area (Å²) < 4.78 is 0. The highest BCUT2D eigenvalue weighted by molar-refractivity contribution is 7.19. The molecule has 2 aromatic heterocycles. The van der Waals surface area contributed by atoms with Crippen LogP contribution in [0.5, 0.6) is 0 Å². The molecule has 4 rings (SSSR count). The van der Waals surface area contributed by atoms with E-state index in [0.717, 1.165) is 45.1 Å². The number of fused-ring (bicyclic) bond motifs is 1. The van der Waals surface area contributed by atoms with Crippen LogP contribution in [0.4, 0.5) is 5.82 Å². The van der Waals surface area contributed by atoms with Gasteiger partial charge in [-0.1, -0.05) is 24.3 Å². The Hall–Kier alpha value is -2.47. The number of nitrogens with one attached hydrogen (secondary N) is 1. The largest absolute Gasteiger partial charge is 0.356 e. The normalized spacial score (nSPS) is 14.2. The number of anilines is 1. The van der Waals surface area contributed by atoms with Crippen molar-refractivity contribution < 1.29 is 4.79 Å². The molecule has 0 aliphatic carbocycles. The van der Waals surface area contributed by atoms with E-state index < -0.39 is 0 Å². The van der Waals surface area contributed by atoms with E-state index in [-0.39, 0.29) is 5.91 Å². The molecule has 0 unspecified atom stereocenters. The Morgan fingerprint density at radius 3 is 2.73 bits per heavy atom. The number of hydrogen-bond acceptors (Lipinski definition) is 5. The maximum atomic E-state index is 13.0. The van der Waals surface area contributed by atoms with E-state index in [1.807, 2.05) is 25.1 Å². The van der Waals surface area contributed by atoms with Crippen LogP contribution >= 0.6 is 11.3 Å². The molecule has 0 saturated carbocycles. The average Bonchev–Trinajstić information content (AvgIpc) is 3.27. The molecule has 1 aliphatic rings. The molecular weight excluding hydrogens is 344 g/mol. The van der Waals surface area contributed by atoms with E-state index in [0.29, 0.717) is 6.54 Å². The van der Waals surface area contributed by atoms with Crippen molar-refractivity contribution in [2.24, 2.45) is 0 Å². The van der Waals surface area contributed by atoms with Crippen LogP contribution < -0.4 is 10.2 Å². The third-order valence-corrected chi connectivity index (χ3v) is 5.99. The second-order valence-corrected chi connectivity index (χ2v) is 7.92. The van der Waals surface area contributed by atoms with E-state index >= 15 is 0 Å². The zero-order valence-electron chi connectivity index (χ0n) is 15.1. The van der Waals surface area contributed by atoms with E-state index in [1.165, 1.54) is 18.4 Å². The van der Waals surface area contributed by atoms with E-state index in [2.05, 4.69) is 33.2 Å². The van der Waals surface area contributed by atoms with E-state index in [1.54, 1.807) is 17.7 Å². The van der Waals surface area contributed by atoms with Gasteiger partial charge in [0, 0.05) is 24.5 Å². The fourth-order valence-corrected chi connectivity index (χ4v) is 4.53. The second-order valence-electron chi connectivity index (χ2n) is 6.71. The zero-order valence-corrected chi connectivity index (χ0v) is 15.9. The Morgan fingerprint density at radius 1 is 1.19 bits per heavy atom. The van der Waals surface area contributed by atoms with Crippen molar-refractivity contribution in [1.82, 2.24) is 15.3 Å². The summed E-state index contributed by atoms with van der Waals surface area (Å²) in [5.41, 5.74) is 3.04. The van der Waals surface area contributed by atoms with Crippen molar-refractivity contribution in [1.29, 1.82) is 0 Å². The lowest BCUT2D eigenvalue weighted by molar-refractivity contribution is 0.0952. The highest BCUT2D eigenvalue weighted by atomic mass is 32.1. The molecule has 3 aromatic rings. The van der Waals surface area contributed by atoms with Crippen molar-refractivity contribution in [2.45, 2.75) is 33.2 Å². The first-order chi connectivity index (χ1) is 12.6. The third kappa shape index (κ3) is 3.05. The van der Waals surface area contributed by atoms with Gasteiger partial charge in [0.1, 0.15) is 17.0 Å². The van der Waals surface area contributed by atoms with Crippen LogP contribution in [-0.4, -0.2) is 29.0 Å². The van der Waals surface area contributed by atoms with Gasteiger partial charge in [-0.25, -0.2) is 9.97 Å². The van der Waals surface area contributed by atoms with Gasteiger partial charge in [-0.05, 0) is 37.8 Å². The predicted octanol–water partition coefficient (Wildman–Crippen LogP) is 3.84. The van der Waals surface area contributed by atoms with E-state index in [9.17, 15) is 4.79 Å². The Labute approximate surface area is 157 Å². The zero-order chi connectivity index (χ0) is 18.1. The van der Waals surface area contributed by atoms with E-state index in [4.69, 9.17) is 0 Å². The van der Waals surface area contributed by atoms with Crippen molar-refractivity contribution in [3.8, 4) is 0 Å². The summed E-state index contributed by atoms with van der Waals surface area (Å²) in [6.07, 6.45) is 3.95. The molecule has 1 amide bonds. The number of nitrogens with zero attached hydrogens (tertiary/aromatic N) is 3. The van der Waals surface area contributed by atoms with Crippen LogP contribution in [0.25, 0.3) is 10.2 Å².